The van der Waals surface area contributed by atoms with Crippen molar-refractivity contribution in [1.82, 2.24) is 29.6 Å². The van der Waals surface area contributed by atoms with E-state index in [4.69, 9.17) is 4.98 Å². The van der Waals surface area contributed by atoms with Gasteiger partial charge in [-0.15, -0.1) is 0 Å². The summed E-state index contributed by atoms with van der Waals surface area (Å²) in [4.78, 5) is 15.3. The van der Waals surface area contributed by atoms with Crippen molar-refractivity contribution in [1.29, 1.82) is 0 Å². The average Bonchev–Trinajstić information content (AvgIpc) is 3.16. The SMILES string of the molecule is CC(O)CN1CCc2nc(Nc3ncc(F)c(-c4cc(F)c5nn(C)c(C(C)C)c5c4)n3)ccc2C1. The quantitative estimate of drug-likeness (QED) is 0.414. The van der Waals surface area contributed by atoms with Gasteiger partial charge in [0.2, 0.25) is 5.95 Å². The number of aromatic nitrogens is 5. The molecule has 0 spiro atoms. The molecular weight excluding hydrogens is 464 g/mol. The highest BCUT2D eigenvalue weighted by Crippen LogP contribution is 2.32. The van der Waals surface area contributed by atoms with Crippen LogP contribution in [0.3, 0.4) is 0 Å². The fourth-order valence-electron chi connectivity index (χ4n) is 4.91. The first-order chi connectivity index (χ1) is 17.2. The van der Waals surface area contributed by atoms with E-state index in [-0.39, 0.29) is 29.2 Å². The Kier molecular flexibility index (Phi) is 6.40. The van der Waals surface area contributed by atoms with Crippen LogP contribution in [0.2, 0.25) is 0 Å². The molecule has 1 atom stereocenters. The Balaban J connectivity index is 1.44. The van der Waals surface area contributed by atoms with Crippen LogP contribution < -0.4 is 5.32 Å². The first kappa shape index (κ1) is 24.2. The lowest BCUT2D eigenvalue weighted by atomic mass is 10.0. The first-order valence-electron chi connectivity index (χ1n) is 12.0. The van der Waals surface area contributed by atoms with Gasteiger partial charge in [0.15, 0.2) is 11.6 Å². The van der Waals surface area contributed by atoms with Crippen molar-refractivity contribution in [3.8, 4) is 11.3 Å². The van der Waals surface area contributed by atoms with E-state index in [1.54, 1.807) is 24.7 Å². The van der Waals surface area contributed by atoms with Gasteiger partial charge in [-0.3, -0.25) is 9.58 Å². The molecule has 3 aromatic heterocycles. The number of benzene rings is 1. The zero-order valence-electron chi connectivity index (χ0n) is 20.8. The fourth-order valence-corrected chi connectivity index (χ4v) is 4.91. The molecule has 0 bridgehead atoms. The zero-order valence-corrected chi connectivity index (χ0v) is 20.8. The number of aryl methyl sites for hydroxylation is 1. The molecule has 0 amide bonds. The summed E-state index contributed by atoms with van der Waals surface area (Å²) in [7, 11) is 1.78. The third-order valence-electron chi connectivity index (χ3n) is 6.39. The highest BCUT2D eigenvalue weighted by molar-refractivity contribution is 5.87. The Morgan fingerprint density at radius 2 is 1.92 bits per heavy atom. The lowest BCUT2D eigenvalue weighted by Gasteiger charge is -2.29. The van der Waals surface area contributed by atoms with Gasteiger partial charge in [-0.2, -0.15) is 5.10 Å². The van der Waals surface area contributed by atoms with Crippen molar-refractivity contribution in [3.05, 3.63) is 59.0 Å². The smallest absolute Gasteiger partial charge is 0.229 e. The summed E-state index contributed by atoms with van der Waals surface area (Å²) in [5, 5.41) is 17.6. The van der Waals surface area contributed by atoms with Gasteiger partial charge in [-0.25, -0.2) is 23.7 Å². The maximum atomic E-state index is 14.9. The topological polar surface area (TPSA) is 92.0 Å². The van der Waals surface area contributed by atoms with Gasteiger partial charge in [-0.05, 0) is 36.6 Å². The monoisotopic (exact) mass is 493 g/mol. The van der Waals surface area contributed by atoms with Gasteiger partial charge >= 0.3 is 0 Å². The van der Waals surface area contributed by atoms with Crippen molar-refractivity contribution in [3.63, 3.8) is 0 Å². The molecule has 8 nitrogen and oxygen atoms in total. The molecule has 0 aliphatic carbocycles. The van der Waals surface area contributed by atoms with Crippen LogP contribution in [0.1, 0.15) is 43.6 Å². The van der Waals surface area contributed by atoms with Crippen LogP contribution in [0.4, 0.5) is 20.5 Å². The molecule has 4 aromatic rings. The number of rotatable bonds is 6. The summed E-state index contributed by atoms with van der Waals surface area (Å²) in [6.45, 7) is 7.95. The molecule has 0 saturated heterocycles. The summed E-state index contributed by atoms with van der Waals surface area (Å²) < 4.78 is 31.4. The maximum Gasteiger partial charge on any atom is 0.229 e. The Morgan fingerprint density at radius 3 is 2.67 bits per heavy atom. The third-order valence-corrected chi connectivity index (χ3v) is 6.39. The minimum Gasteiger partial charge on any atom is -0.392 e. The highest BCUT2D eigenvalue weighted by Gasteiger charge is 2.21. The van der Waals surface area contributed by atoms with Crippen LogP contribution in [0.25, 0.3) is 22.2 Å². The molecule has 1 aliphatic heterocycles. The van der Waals surface area contributed by atoms with E-state index in [2.05, 4.69) is 25.3 Å². The minimum absolute atomic E-state index is 0.00131. The van der Waals surface area contributed by atoms with Gasteiger partial charge in [0.1, 0.15) is 17.0 Å². The second-order valence-electron chi connectivity index (χ2n) is 9.67. The second kappa shape index (κ2) is 9.51. The van der Waals surface area contributed by atoms with E-state index < -0.39 is 11.6 Å². The van der Waals surface area contributed by atoms with Gasteiger partial charge in [0, 0.05) is 55.4 Å². The summed E-state index contributed by atoms with van der Waals surface area (Å²) in [5.41, 5.74) is 3.50. The molecular formula is C26H29F2N7O. The Labute approximate surface area is 208 Å². The third kappa shape index (κ3) is 4.66. The number of anilines is 2. The number of aliphatic hydroxyl groups excluding tert-OH is 1. The van der Waals surface area contributed by atoms with Crippen LogP contribution in [-0.4, -0.2) is 53.9 Å². The number of hydrogen-bond acceptors (Lipinski definition) is 7. The van der Waals surface area contributed by atoms with Crippen molar-refractivity contribution in [2.45, 2.75) is 45.8 Å². The van der Waals surface area contributed by atoms with Gasteiger partial charge in [-0.1, -0.05) is 19.9 Å². The Bertz CT molecular complexity index is 1430. The van der Waals surface area contributed by atoms with E-state index >= 15 is 0 Å². The molecule has 0 radical (unpaired) electrons. The molecule has 1 unspecified atom stereocenters. The number of aliphatic hydroxyl groups is 1. The number of nitrogens with zero attached hydrogens (tertiary/aromatic N) is 6. The van der Waals surface area contributed by atoms with Crippen LogP contribution in [0, 0.1) is 11.6 Å². The summed E-state index contributed by atoms with van der Waals surface area (Å²) in [6.07, 6.45) is 1.45. The normalized spacial score (nSPS) is 14.9. The van der Waals surface area contributed by atoms with Crippen molar-refractivity contribution < 1.29 is 13.9 Å². The second-order valence-corrected chi connectivity index (χ2v) is 9.67. The fraction of sp³-hybridized carbons (Fsp3) is 0.385. The van der Waals surface area contributed by atoms with Crippen molar-refractivity contribution >= 4 is 22.7 Å². The molecule has 188 valence electrons. The highest BCUT2D eigenvalue weighted by atomic mass is 19.1. The van der Waals surface area contributed by atoms with Crippen molar-refractivity contribution in [2.75, 3.05) is 18.4 Å². The summed E-state index contributed by atoms with van der Waals surface area (Å²) in [6, 6.07) is 6.80. The molecule has 4 heterocycles. The van der Waals surface area contributed by atoms with Gasteiger partial charge < -0.3 is 10.4 Å². The van der Waals surface area contributed by atoms with Crippen LogP contribution >= 0.6 is 0 Å². The largest absolute Gasteiger partial charge is 0.392 e. The van der Waals surface area contributed by atoms with E-state index in [1.165, 1.54) is 6.07 Å². The predicted molar refractivity (Wildman–Crippen MR) is 134 cm³/mol. The molecule has 1 aromatic carbocycles. The molecule has 2 N–H and O–H groups in total. The van der Waals surface area contributed by atoms with Crippen LogP contribution in [0.15, 0.2) is 30.5 Å². The zero-order chi connectivity index (χ0) is 25.6. The summed E-state index contributed by atoms with van der Waals surface area (Å²) in [5.74, 6) is -0.354. The number of pyridine rings is 1. The molecule has 1 aliphatic rings. The van der Waals surface area contributed by atoms with Crippen molar-refractivity contribution in [2.24, 2.45) is 7.05 Å². The van der Waals surface area contributed by atoms with Gasteiger partial charge in [0.25, 0.3) is 0 Å². The molecule has 5 rings (SSSR count). The standard InChI is InChI=1S/C26H29F2N7O/c1-14(2)25-18-9-17(10-19(27)24(18)33-34(25)4)23-20(28)11-29-26(32-23)31-22-6-5-16-13-35(12-15(3)36)8-7-21(16)30-22/h5-6,9-11,14-15,36H,7-8,12-13H2,1-4H3,(H,29,30,31,32). The molecule has 0 fully saturated rings. The summed E-state index contributed by atoms with van der Waals surface area (Å²) >= 11 is 0. The van der Waals surface area contributed by atoms with Gasteiger partial charge in [0.05, 0.1) is 12.3 Å². The average molecular weight is 494 g/mol. The Hall–Kier alpha value is -3.50. The number of hydrogen-bond donors (Lipinski definition) is 2. The van der Waals surface area contributed by atoms with E-state index in [0.717, 1.165) is 42.7 Å². The molecule has 0 saturated carbocycles. The lowest BCUT2D eigenvalue weighted by molar-refractivity contribution is 0.118. The number of fused-ring (bicyclic) bond motifs is 2. The number of halogens is 2. The van der Waals surface area contributed by atoms with E-state index in [0.29, 0.717) is 23.3 Å². The van der Waals surface area contributed by atoms with E-state index in [1.807, 2.05) is 26.0 Å². The first-order valence-corrected chi connectivity index (χ1v) is 12.0. The Morgan fingerprint density at radius 1 is 1.11 bits per heavy atom. The predicted octanol–water partition coefficient (Wildman–Crippen LogP) is 4.31. The molecule has 10 heteroatoms. The van der Waals surface area contributed by atoms with E-state index in [9.17, 15) is 13.9 Å². The minimum atomic E-state index is -0.647. The maximum absolute atomic E-state index is 14.9. The number of β-amino-alcohol motifs (C(OH)–C–C–N with tert-alkyl or cyclic N) is 1. The molecule has 36 heavy (non-hydrogen) atoms. The van der Waals surface area contributed by atoms with Crippen LogP contribution in [0.5, 0.6) is 0 Å². The number of nitrogens with one attached hydrogen (secondary N) is 1. The lowest BCUT2D eigenvalue weighted by Crippen LogP contribution is -2.36. The van der Waals surface area contributed by atoms with Crippen LogP contribution in [-0.2, 0) is 20.0 Å².